The Morgan fingerprint density at radius 2 is 1.92 bits per heavy atom. The molecule has 1 amide bonds. The first kappa shape index (κ1) is 16.1. The van der Waals surface area contributed by atoms with Crippen molar-refractivity contribution < 1.29 is 4.79 Å². The van der Waals surface area contributed by atoms with Gasteiger partial charge in [-0.15, -0.1) is 0 Å². The normalized spacial score (nSPS) is 18.1. The number of para-hydroxylation sites is 1. The van der Waals surface area contributed by atoms with Crippen LogP contribution in [0.5, 0.6) is 0 Å². The largest absolute Gasteiger partial charge is 0.337 e. The summed E-state index contributed by atoms with van der Waals surface area (Å²) in [6.07, 6.45) is 6.01. The van der Waals surface area contributed by atoms with E-state index in [1.54, 1.807) is 12.3 Å². The van der Waals surface area contributed by atoms with Crippen LogP contribution in [-0.4, -0.2) is 40.4 Å². The second kappa shape index (κ2) is 6.82. The van der Waals surface area contributed by atoms with E-state index in [1.165, 1.54) is 5.56 Å². The van der Waals surface area contributed by atoms with Gasteiger partial charge in [-0.25, -0.2) is 9.97 Å². The molecule has 130 valence electrons. The minimum absolute atomic E-state index is 0.0286. The molecule has 1 fully saturated rings. The Balaban J connectivity index is 1.59. The summed E-state index contributed by atoms with van der Waals surface area (Å²) in [5.74, 6) is 1.36. The number of carbonyl (C=O) groups is 1. The van der Waals surface area contributed by atoms with E-state index < -0.39 is 0 Å². The molecule has 4 rings (SSSR count). The van der Waals surface area contributed by atoms with E-state index in [0.717, 1.165) is 51.0 Å². The maximum Gasteiger partial charge on any atom is 0.272 e. The highest BCUT2D eigenvalue weighted by molar-refractivity contribution is 5.92. The van der Waals surface area contributed by atoms with E-state index in [2.05, 4.69) is 40.0 Å². The molecule has 5 nitrogen and oxygen atoms in total. The number of rotatable bonds is 2. The lowest BCUT2D eigenvalue weighted by Gasteiger charge is -2.31. The van der Waals surface area contributed by atoms with Crippen molar-refractivity contribution in [3.63, 3.8) is 0 Å². The summed E-state index contributed by atoms with van der Waals surface area (Å²) in [5, 5.41) is 0. The van der Waals surface area contributed by atoms with Gasteiger partial charge in [0.05, 0.1) is 0 Å². The van der Waals surface area contributed by atoms with E-state index in [1.807, 2.05) is 11.0 Å². The second-order valence-electron chi connectivity index (χ2n) is 7.10. The molecule has 1 aromatic heterocycles. The quantitative estimate of drug-likeness (QED) is 0.843. The van der Waals surface area contributed by atoms with Gasteiger partial charge in [0.1, 0.15) is 5.69 Å². The van der Waals surface area contributed by atoms with E-state index >= 15 is 0 Å². The Labute approximate surface area is 148 Å². The number of piperidine rings is 1. The molecule has 1 saturated heterocycles. The number of fused-ring (bicyclic) bond motifs is 1. The van der Waals surface area contributed by atoms with Crippen molar-refractivity contribution in [1.82, 2.24) is 14.9 Å². The Kier molecular flexibility index (Phi) is 4.38. The predicted molar refractivity (Wildman–Crippen MR) is 98.1 cm³/mol. The van der Waals surface area contributed by atoms with Gasteiger partial charge in [-0.05, 0) is 49.3 Å². The maximum atomic E-state index is 12.8. The molecular weight excluding hydrogens is 312 g/mol. The lowest BCUT2D eigenvalue weighted by atomic mass is 9.99. The molecule has 1 aromatic carbocycles. The zero-order valence-electron chi connectivity index (χ0n) is 14.7. The Bertz CT molecular complexity index is 768. The van der Waals surface area contributed by atoms with Crippen LogP contribution in [0.3, 0.4) is 0 Å². The molecule has 25 heavy (non-hydrogen) atoms. The molecule has 2 aliphatic heterocycles. The first-order valence-electron chi connectivity index (χ1n) is 9.20. The van der Waals surface area contributed by atoms with Crippen LogP contribution in [0.2, 0.25) is 0 Å². The van der Waals surface area contributed by atoms with Gasteiger partial charge in [0.15, 0.2) is 0 Å². The van der Waals surface area contributed by atoms with Gasteiger partial charge in [0.2, 0.25) is 5.95 Å². The Morgan fingerprint density at radius 1 is 1.12 bits per heavy atom. The number of hydrogen-bond donors (Lipinski definition) is 0. The van der Waals surface area contributed by atoms with Crippen LogP contribution in [0.1, 0.15) is 42.2 Å². The number of carbonyl (C=O) groups excluding carboxylic acids is 1. The predicted octanol–water partition coefficient (Wildman–Crippen LogP) is 3.43. The number of benzene rings is 1. The summed E-state index contributed by atoms with van der Waals surface area (Å²) in [5.41, 5.74) is 2.98. The van der Waals surface area contributed by atoms with Crippen LogP contribution in [-0.2, 0) is 6.42 Å². The fourth-order valence-corrected chi connectivity index (χ4v) is 3.71. The standard InChI is InChI=1S/C20H24N4O/c1-15-9-13-23(14-10-15)19(25)17-8-11-21-20(22-17)24-12-4-6-16-5-2-3-7-18(16)24/h2-3,5,7-8,11,15H,4,6,9-10,12-14H2,1H3. The van der Waals surface area contributed by atoms with E-state index in [-0.39, 0.29) is 5.91 Å². The third-order valence-corrected chi connectivity index (χ3v) is 5.28. The van der Waals surface area contributed by atoms with Crippen molar-refractivity contribution in [2.45, 2.75) is 32.6 Å². The van der Waals surface area contributed by atoms with Crippen LogP contribution in [0.25, 0.3) is 0 Å². The average Bonchev–Trinajstić information content (AvgIpc) is 2.68. The molecule has 0 saturated carbocycles. The number of amides is 1. The Hall–Kier alpha value is -2.43. The number of nitrogens with zero attached hydrogens (tertiary/aromatic N) is 4. The lowest BCUT2D eigenvalue weighted by Crippen LogP contribution is -2.38. The van der Waals surface area contributed by atoms with Crippen LogP contribution < -0.4 is 4.90 Å². The highest BCUT2D eigenvalue weighted by Crippen LogP contribution is 2.31. The van der Waals surface area contributed by atoms with Gasteiger partial charge in [0, 0.05) is 31.5 Å². The molecule has 0 aliphatic carbocycles. The molecule has 0 unspecified atom stereocenters. The fraction of sp³-hybridized carbons (Fsp3) is 0.450. The van der Waals surface area contributed by atoms with Crippen LogP contribution in [0.15, 0.2) is 36.5 Å². The van der Waals surface area contributed by atoms with Crippen molar-refractivity contribution in [2.75, 3.05) is 24.5 Å². The van der Waals surface area contributed by atoms with Crippen molar-refractivity contribution >= 4 is 17.5 Å². The maximum absolute atomic E-state index is 12.8. The first-order valence-corrected chi connectivity index (χ1v) is 9.20. The average molecular weight is 336 g/mol. The van der Waals surface area contributed by atoms with Crippen molar-refractivity contribution in [1.29, 1.82) is 0 Å². The van der Waals surface area contributed by atoms with Gasteiger partial charge in [-0.1, -0.05) is 25.1 Å². The molecule has 0 atom stereocenters. The highest BCUT2D eigenvalue weighted by atomic mass is 16.2. The minimum Gasteiger partial charge on any atom is -0.337 e. The van der Waals surface area contributed by atoms with Gasteiger partial charge >= 0.3 is 0 Å². The van der Waals surface area contributed by atoms with Gasteiger partial charge in [-0.3, -0.25) is 4.79 Å². The zero-order valence-corrected chi connectivity index (χ0v) is 14.7. The highest BCUT2D eigenvalue weighted by Gasteiger charge is 2.24. The van der Waals surface area contributed by atoms with Crippen molar-refractivity contribution in [3.8, 4) is 0 Å². The fourth-order valence-electron chi connectivity index (χ4n) is 3.71. The minimum atomic E-state index is 0.0286. The molecule has 3 heterocycles. The van der Waals surface area contributed by atoms with E-state index in [9.17, 15) is 4.79 Å². The third-order valence-electron chi connectivity index (χ3n) is 5.28. The lowest BCUT2D eigenvalue weighted by molar-refractivity contribution is 0.0691. The first-order chi connectivity index (χ1) is 12.2. The summed E-state index contributed by atoms with van der Waals surface area (Å²) in [6.45, 7) is 4.78. The van der Waals surface area contributed by atoms with E-state index in [4.69, 9.17) is 0 Å². The smallest absolute Gasteiger partial charge is 0.272 e. The number of anilines is 2. The Morgan fingerprint density at radius 3 is 2.76 bits per heavy atom. The topological polar surface area (TPSA) is 49.3 Å². The number of hydrogen-bond acceptors (Lipinski definition) is 4. The molecule has 2 aromatic rings. The summed E-state index contributed by atoms with van der Waals surface area (Å²) < 4.78 is 0. The third kappa shape index (κ3) is 3.23. The molecule has 0 bridgehead atoms. The molecule has 2 aliphatic rings. The molecule has 0 radical (unpaired) electrons. The van der Waals surface area contributed by atoms with Crippen LogP contribution in [0.4, 0.5) is 11.6 Å². The number of aryl methyl sites for hydroxylation is 1. The van der Waals surface area contributed by atoms with Crippen molar-refractivity contribution in [3.05, 3.63) is 47.8 Å². The zero-order chi connectivity index (χ0) is 17.2. The second-order valence-corrected chi connectivity index (χ2v) is 7.10. The van der Waals surface area contributed by atoms with Gasteiger partial charge < -0.3 is 9.80 Å². The summed E-state index contributed by atoms with van der Waals surface area (Å²) in [4.78, 5) is 25.9. The molecule has 0 spiro atoms. The SMILES string of the molecule is CC1CCN(C(=O)c2ccnc(N3CCCc4ccccc43)n2)CC1. The van der Waals surface area contributed by atoms with Crippen molar-refractivity contribution in [2.24, 2.45) is 5.92 Å². The van der Waals surface area contributed by atoms with Gasteiger partial charge in [-0.2, -0.15) is 0 Å². The van der Waals surface area contributed by atoms with Crippen LogP contribution in [0, 0.1) is 5.92 Å². The van der Waals surface area contributed by atoms with E-state index in [0.29, 0.717) is 17.6 Å². The number of aromatic nitrogens is 2. The monoisotopic (exact) mass is 336 g/mol. The number of likely N-dealkylation sites (tertiary alicyclic amines) is 1. The molecular formula is C20H24N4O. The molecule has 0 N–H and O–H groups in total. The van der Waals surface area contributed by atoms with Crippen LogP contribution >= 0.6 is 0 Å². The summed E-state index contributed by atoms with van der Waals surface area (Å²) in [6, 6.07) is 10.1. The summed E-state index contributed by atoms with van der Waals surface area (Å²) in [7, 11) is 0. The van der Waals surface area contributed by atoms with Gasteiger partial charge in [0.25, 0.3) is 5.91 Å². The summed E-state index contributed by atoms with van der Waals surface area (Å²) >= 11 is 0. The molecule has 5 heteroatoms.